The molecule has 0 spiro atoms. The Hall–Kier alpha value is -2.40. The fraction of sp³-hybridized carbons (Fsp3) is 0.429. The lowest BCUT2D eigenvalue weighted by Gasteiger charge is -2.10. The van der Waals surface area contributed by atoms with Gasteiger partial charge in [-0.05, 0) is 50.6 Å². The molecule has 0 aliphatic carbocycles. The second-order valence-corrected chi connectivity index (χ2v) is 6.30. The van der Waals surface area contributed by atoms with Crippen LogP contribution in [0, 0.1) is 13.8 Å². The van der Waals surface area contributed by atoms with E-state index in [9.17, 15) is 9.59 Å². The van der Waals surface area contributed by atoms with Gasteiger partial charge >= 0.3 is 0 Å². The van der Waals surface area contributed by atoms with Gasteiger partial charge in [-0.2, -0.15) is 0 Å². The van der Waals surface area contributed by atoms with E-state index in [0.29, 0.717) is 29.9 Å². The topological polar surface area (TPSA) is 57.5 Å². The number of ether oxygens (including phenoxy) is 2. The summed E-state index contributed by atoms with van der Waals surface area (Å²) in [6.07, 6.45) is 1.37. The van der Waals surface area contributed by atoms with Crippen LogP contribution in [0.25, 0.3) is 0 Å². The van der Waals surface area contributed by atoms with E-state index in [2.05, 4.69) is 4.57 Å². The Morgan fingerprint density at radius 2 is 1.77 bits per heavy atom. The molecule has 5 nitrogen and oxygen atoms in total. The van der Waals surface area contributed by atoms with Crippen LogP contribution in [0.1, 0.15) is 51.9 Å². The summed E-state index contributed by atoms with van der Waals surface area (Å²) < 4.78 is 12.8. The summed E-state index contributed by atoms with van der Waals surface area (Å²) in [5.74, 6) is 0.623. The van der Waals surface area contributed by atoms with E-state index < -0.39 is 0 Å². The molecular weight excluding hydrogens is 330 g/mol. The van der Waals surface area contributed by atoms with E-state index in [1.165, 1.54) is 0 Å². The third-order valence-electron chi connectivity index (χ3n) is 4.47. The first-order valence-electron chi connectivity index (χ1n) is 8.92. The maximum atomic E-state index is 12.5. The van der Waals surface area contributed by atoms with Crippen LogP contribution in [0.4, 0.5) is 0 Å². The predicted octanol–water partition coefficient (Wildman–Crippen LogP) is 4.00. The molecule has 0 fully saturated rings. The summed E-state index contributed by atoms with van der Waals surface area (Å²) in [6.45, 7) is 7.28. The molecule has 2 rings (SSSR count). The number of ketones is 2. The average molecular weight is 357 g/mol. The summed E-state index contributed by atoms with van der Waals surface area (Å²) >= 11 is 0. The molecule has 1 aromatic carbocycles. The Labute approximate surface area is 154 Å². The van der Waals surface area contributed by atoms with Gasteiger partial charge in [-0.15, -0.1) is 0 Å². The summed E-state index contributed by atoms with van der Waals surface area (Å²) in [4.78, 5) is 24.2. The lowest BCUT2D eigenvalue weighted by molar-refractivity contribution is 0.0919. The number of rotatable bonds is 10. The molecule has 0 aliphatic rings. The van der Waals surface area contributed by atoms with E-state index in [1.54, 1.807) is 31.4 Å². The molecule has 0 bridgehead atoms. The number of methoxy groups -OCH3 is 1. The molecule has 0 saturated carbocycles. The summed E-state index contributed by atoms with van der Waals surface area (Å²) in [5, 5.41) is 0. The van der Waals surface area contributed by atoms with E-state index in [4.69, 9.17) is 9.47 Å². The minimum absolute atomic E-state index is 0.0244. The molecule has 5 heteroatoms. The van der Waals surface area contributed by atoms with Crippen molar-refractivity contribution in [2.45, 2.75) is 40.2 Å². The van der Waals surface area contributed by atoms with Crippen molar-refractivity contribution in [1.29, 1.82) is 0 Å². The number of hydrogen-bond donors (Lipinski definition) is 0. The SMILES string of the molecule is CCC(=O)c1ccc(OCC(=O)c2cc(C)n(CCCOC)c2C)cc1. The number of Topliss-reactive ketones (excluding diaryl/α,β-unsaturated/α-hetero) is 2. The van der Waals surface area contributed by atoms with Gasteiger partial charge in [0.2, 0.25) is 5.78 Å². The average Bonchev–Trinajstić information content (AvgIpc) is 2.94. The van der Waals surface area contributed by atoms with Crippen LogP contribution in [0.5, 0.6) is 5.75 Å². The molecular formula is C21H27NO4. The third kappa shape index (κ3) is 4.82. The Kier molecular flexibility index (Phi) is 7.16. The molecule has 1 aromatic heterocycles. The van der Waals surface area contributed by atoms with Gasteiger partial charge in [-0.3, -0.25) is 9.59 Å². The summed E-state index contributed by atoms with van der Waals surface area (Å²) in [6, 6.07) is 8.83. The third-order valence-corrected chi connectivity index (χ3v) is 4.47. The Balaban J connectivity index is 1.99. The van der Waals surface area contributed by atoms with Gasteiger partial charge in [0.1, 0.15) is 5.75 Å². The van der Waals surface area contributed by atoms with Crippen LogP contribution in [-0.4, -0.2) is 36.5 Å². The first kappa shape index (κ1) is 19.9. The van der Waals surface area contributed by atoms with Crippen LogP contribution < -0.4 is 4.74 Å². The molecule has 0 amide bonds. The molecule has 0 aliphatic heterocycles. The molecule has 0 radical (unpaired) electrons. The summed E-state index contributed by atoms with van der Waals surface area (Å²) in [5.41, 5.74) is 3.36. The molecule has 0 saturated heterocycles. The molecule has 0 atom stereocenters. The van der Waals surface area contributed by atoms with Crippen LogP contribution in [0.3, 0.4) is 0 Å². The zero-order chi connectivity index (χ0) is 19.1. The number of nitrogens with zero attached hydrogens (tertiary/aromatic N) is 1. The van der Waals surface area contributed by atoms with Crippen molar-refractivity contribution >= 4 is 11.6 Å². The highest BCUT2D eigenvalue weighted by atomic mass is 16.5. The maximum Gasteiger partial charge on any atom is 0.202 e. The number of hydrogen-bond acceptors (Lipinski definition) is 4. The fourth-order valence-electron chi connectivity index (χ4n) is 2.96. The van der Waals surface area contributed by atoms with Crippen molar-refractivity contribution in [3.05, 3.63) is 52.8 Å². The molecule has 140 valence electrons. The monoisotopic (exact) mass is 357 g/mol. The van der Waals surface area contributed by atoms with Crippen molar-refractivity contribution < 1.29 is 19.1 Å². The predicted molar refractivity (Wildman–Crippen MR) is 101 cm³/mol. The van der Waals surface area contributed by atoms with Gasteiger partial charge in [0.15, 0.2) is 12.4 Å². The molecule has 0 N–H and O–H groups in total. The number of carbonyl (C=O) groups is 2. The Morgan fingerprint density at radius 1 is 1.08 bits per heavy atom. The van der Waals surface area contributed by atoms with Gasteiger partial charge in [-0.1, -0.05) is 6.92 Å². The zero-order valence-corrected chi connectivity index (χ0v) is 16.0. The van der Waals surface area contributed by atoms with Gasteiger partial charge < -0.3 is 14.0 Å². The van der Waals surface area contributed by atoms with Crippen molar-refractivity contribution in [3.63, 3.8) is 0 Å². The van der Waals surface area contributed by atoms with Gasteiger partial charge in [0.25, 0.3) is 0 Å². The van der Waals surface area contributed by atoms with Crippen molar-refractivity contribution in [2.24, 2.45) is 0 Å². The normalized spacial score (nSPS) is 10.8. The second kappa shape index (κ2) is 9.34. The number of benzene rings is 1. The van der Waals surface area contributed by atoms with Gasteiger partial charge in [0, 0.05) is 49.2 Å². The zero-order valence-electron chi connectivity index (χ0n) is 16.0. The Morgan fingerprint density at radius 3 is 2.38 bits per heavy atom. The van der Waals surface area contributed by atoms with E-state index in [-0.39, 0.29) is 18.2 Å². The van der Waals surface area contributed by atoms with Crippen LogP contribution >= 0.6 is 0 Å². The molecule has 0 unspecified atom stereocenters. The highest BCUT2D eigenvalue weighted by Crippen LogP contribution is 2.18. The lowest BCUT2D eigenvalue weighted by Crippen LogP contribution is -2.13. The van der Waals surface area contributed by atoms with Gasteiger partial charge in [-0.25, -0.2) is 0 Å². The Bertz CT molecular complexity index is 759. The molecule has 2 aromatic rings. The molecule has 26 heavy (non-hydrogen) atoms. The quantitative estimate of drug-likeness (QED) is 0.476. The van der Waals surface area contributed by atoms with Gasteiger partial charge in [0.05, 0.1) is 0 Å². The van der Waals surface area contributed by atoms with E-state index in [0.717, 1.165) is 24.4 Å². The van der Waals surface area contributed by atoms with Crippen molar-refractivity contribution in [2.75, 3.05) is 20.3 Å². The fourth-order valence-corrected chi connectivity index (χ4v) is 2.96. The number of carbonyl (C=O) groups excluding carboxylic acids is 2. The minimum atomic E-state index is -0.0511. The smallest absolute Gasteiger partial charge is 0.202 e. The van der Waals surface area contributed by atoms with Crippen LogP contribution in [0.15, 0.2) is 30.3 Å². The van der Waals surface area contributed by atoms with Crippen molar-refractivity contribution in [1.82, 2.24) is 4.57 Å². The minimum Gasteiger partial charge on any atom is -0.485 e. The second-order valence-electron chi connectivity index (χ2n) is 6.30. The standard InChI is InChI=1S/C21H27NO4/c1-5-20(23)17-7-9-18(10-8-17)26-14-21(24)19-13-15(2)22(16(19)3)11-6-12-25-4/h7-10,13H,5-6,11-12,14H2,1-4H3. The van der Waals surface area contributed by atoms with E-state index >= 15 is 0 Å². The van der Waals surface area contributed by atoms with E-state index in [1.807, 2.05) is 26.8 Å². The molecule has 1 heterocycles. The highest BCUT2D eigenvalue weighted by molar-refractivity contribution is 5.98. The van der Waals surface area contributed by atoms with Crippen molar-refractivity contribution in [3.8, 4) is 5.75 Å². The first-order chi connectivity index (χ1) is 12.5. The summed E-state index contributed by atoms with van der Waals surface area (Å²) in [7, 11) is 1.69. The first-order valence-corrected chi connectivity index (χ1v) is 8.92. The highest BCUT2D eigenvalue weighted by Gasteiger charge is 2.16. The number of aryl methyl sites for hydroxylation is 1. The van der Waals surface area contributed by atoms with Crippen LogP contribution in [0.2, 0.25) is 0 Å². The number of aromatic nitrogens is 1. The van der Waals surface area contributed by atoms with Crippen LogP contribution in [-0.2, 0) is 11.3 Å². The largest absolute Gasteiger partial charge is 0.485 e. The lowest BCUT2D eigenvalue weighted by atomic mass is 10.1. The maximum absolute atomic E-state index is 12.5.